The van der Waals surface area contributed by atoms with Crippen LogP contribution >= 0.6 is 0 Å². The van der Waals surface area contributed by atoms with E-state index in [4.69, 9.17) is 5.73 Å². The molecule has 0 saturated heterocycles. The van der Waals surface area contributed by atoms with Crippen molar-refractivity contribution in [2.45, 2.75) is 25.8 Å². The van der Waals surface area contributed by atoms with E-state index in [2.05, 4.69) is 30.2 Å². The SMILES string of the molecule is Cc1cc2c3c(c[nH]c3c1)CCC2N. The second kappa shape index (κ2) is 2.61. The van der Waals surface area contributed by atoms with E-state index in [1.165, 1.54) is 27.6 Å². The monoisotopic (exact) mass is 186 g/mol. The van der Waals surface area contributed by atoms with Gasteiger partial charge in [0.2, 0.25) is 0 Å². The maximum Gasteiger partial charge on any atom is 0.0462 e. The minimum absolute atomic E-state index is 0.223. The fourth-order valence-corrected chi connectivity index (χ4v) is 2.48. The zero-order valence-electron chi connectivity index (χ0n) is 8.30. The molecule has 1 aromatic heterocycles. The summed E-state index contributed by atoms with van der Waals surface area (Å²) in [6.45, 7) is 2.12. The second-order valence-corrected chi connectivity index (χ2v) is 4.24. The predicted octanol–water partition coefficient (Wildman–Crippen LogP) is 2.42. The smallest absolute Gasteiger partial charge is 0.0462 e. The molecule has 3 N–H and O–H groups in total. The molecule has 0 amide bonds. The molecular formula is C12H14N2. The van der Waals surface area contributed by atoms with Crippen molar-refractivity contribution in [2.24, 2.45) is 5.73 Å². The number of hydrogen-bond acceptors (Lipinski definition) is 1. The van der Waals surface area contributed by atoms with E-state index in [1.54, 1.807) is 0 Å². The van der Waals surface area contributed by atoms with Crippen LogP contribution in [0.3, 0.4) is 0 Å². The Morgan fingerprint density at radius 2 is 2.29 bits per heavy atom. The molecule has 2 aromatic rings. The summed E-state index contributed by atoms with van der Waals surface area (Å²) in [6.07, 6.45) is 4.31. The Balaban J connectivity index is 2.45. The lowest BCUT2D eigenvalue weighted by Crippen LogP contribution is -2.15. The third-order valence-electron chi connectivity index (χ3n) is 3.16. The number of hydrogen-bond donors (Lipinski definition) is 2. The quantitative estimate of drug-likeness (QED) is 0.652. The lowest BCUT2D eigenvalue weighted by Gasteiger charge is -2.19. The molecule has 0 saturated carbocycles. The summed E-state index contributed by atoms with van der Waals surface area (Å²) in [5.41, 5.74) is 11.4. The highest BCUT2D eigenvalue weighted by molar-refractivity contribution is 5.88. The highest BCUT2D eigenvalue weighted by Gasteiger charge is 2.19. The van der Waals surface area contributed by atoms with Crippen molar-refractivity contribution in [2.75, 3.05) is 0 Å². The molecule has 0 aliphatic heterocycles. The summed E-state index contributed by atoms with van der Waals surface area (Å²) in [4.78, 5) is 3.33. The van der Waals surface area contributed by atoms with E-state index < -0.39 is 0 Å². The minimum atomic E-state index is 0.223. The van der Waals surface area contributed by atoms with Gasteiger partial charge in [-0.15, -0.1) is 0 Å². The lowest BCUT2D eigenvalue weighted by atomic mass is 9.88. The van der Waals surface area contributed by atoms with E-state index >= 15 is 0 Å². The van der Waals surface area contributed by atoms with Crippen LogP contribution < -0.4 is 5.73 Å². The predicted molar refractivity (Wildman–Crippen MR) is 58.3 cm³/mol. The van der Waals surface area contributed by atoms with Gasteiger partial charge in [-0.25, -0.2) is 0 Å². The van der Waals surface area contributed by atoms with Crippen molar-refractivity contribution in [1.82, 2.24) is 4.98 Å². The molecule has 0 bridgehead atoms. The number of nitrogens with one attached hydrogen (secondary N) is 1. The molecule has 2 nitrogen and oxygen atoms in total. The number of aromatic nitrogens is 1. The number of aryl methyl sites for hydroxylation is 2. The van der Waals surface area contributed by atoms with Crippen molar-refractivity contribution in [3.05, 3.63) is 35.0 Å². The molecule has 2 heteroatoms. The first-order chi connectivity index (χ1) is 6.75. The van der Waals surface area contributed by atoms with Crippen LogP contribution in [-0.4, -0.2) is 4.98 Å². The first kappa shape index (κ1) is 8.06. The molecule has 72 valence electrons. The first-order valence-corrected chi connectivity index (χ1v) is 5.12. The fraction of sp³-hybridized carbons (Fsp3) is 0.333. The van der Waals surface area contributed by atoms with Crippen LogP contribution in [0, 0.1) is 6.92 Å². The molecule has 1 unspecified atom stereocenters. The number of nitrogens with two attached hydrogens (primary N) is 1. The van der Waals surface area contributed by atoms with Gasteiger partial charge in [0.05, 0.1) is 0 Å². The van der Waals surface area contributed by atoms with Gasteiger partial charge in [-0.2, -0.15) is 0 Å². The molecule has 0 spiro atoms. The Morgan fingerprint density at radius 1 is 1.43 bits per heavy atom. The molecule has 1 aliphatic carbocycles. The average molecular weight is 186 g/mol. The van der Waals surface area contributed by atoms with E-state index in [-0.39, 0.29) is 6.04 Å². The van der Waals surface area contributed by atoms with Gasteiger partial charge in [-0.3, -0.25) is 0 Å². The largest absolute Gasteiger partial charge is 0.361 e. The van der Waals surface area contributed by atoms with E-state index in [1.807, 2.05) is 0 Å². The Labute approximate surface area is 83.1 Å². The number of aromatic amines is 1. The van der Waals surface area contributed by atoms with Gasteiger partial charge in [0.15, 0.2) is 0 Å². The van der Waals surface area contributed by atoms with Crippen molar-refractivity contribution >= 4 is 10.9 Å². The van der Waals surface area contributed by atoms with Gasteiger partial charge < -0.3 is 10.7 Å². The highest BCUT2D eigenvalue weighted by Crippen LogP contribution is 2.34. The molecule has 1 atom stereocenters. The molecule has 3 rings (SSSR count). The summed E-state index contributed by atoms with van der Waals surface area (Å²) in [6, 6.07) is 4.64. The molecular weight excluding hydrogens is 172 g/mol. The molecule has 1 aliphatic rings. The van der Waals surface area contributed by atoms with Crippen LogP contribution in [0.5, 0.6) is 0 Å². The third kappa shape index (κ3) is 0.946. The summed E-state index contributed by atoms with van der Waals surface area (Å²) in [5.74, 6) is 0. The summed E-state index contributed by atoms with van der Waals surface area (Å²) >= 11 is 0. The number of rotatable bonds is 0. The Bertz CT molecular complexity index is 496. The maximum absolute atomic E-state index is 6.12. The zero-order chi connectivity index (χ0) is 9.71. The van der Waals surface area contributed by atoms with Gasteiger partial charge in [0.1, 0.15) is 0 Å². The van der Waals surface area contributed by atoms with Gasteiger partial charge >= 0.3 is 0 Å². The second-order valence-electron chi connectivity index (χ2n) is 4.24. The van der Waals surface area contributed by atoms with Crippen LogP contribution in [0.1, 0.15) is 29.2 Å². The average Bonchev–Trinajstić information content (AvgIpc) is 2.55. The Kier molecular flexibility index (Phi) is 1.50. The molecule has 0 radical (unpaired) electrons. The van der Waals surface area contributed by atoms with Gasteiger partial charge in [0, 0.05) is 23.1 Å². The van der Waals surface area contributed by atoms with E-state index in [0.29, 0.717) is 0 Å². The van der Waals surface area contributed by atoms with Gasteiger partial charge in [0.25, 0.3) is 0 Å². The zero-order valence-corrected chi connectivity index (χ0v) is 8.30. The van der Waals surface area contributed by atoms with Crippen LogP contribution in [0.4, 0.5) is 0 Å². The normalized spacial score (nSPS) is 20.3. The van der Waals surface area contributed by atoms with E-state index in [0.717, 1.165) is 12.8 Å². The van der Waals surface area contributed by atoms with Gasteiger partial charge in [-0.1, -0.05) is 6.07 Å². The molecule has 1 heterocycles. The molecule has 0 fully saturated rings. The summed E-state index contributed by atoms with van der Waals surface area (Å²) < 4.78 is 0. The highest BCUT2D eigenvalue weighted by atomic mass is 14.7. The van der Waals surface area contributed by atoms with Gasteiger partial charge in [-0.05, 0) is 42.5 Å². The Hall–Kier alpha value is -1.28. The fourth-order valence-electron chi connectivity index (χ4n) is 2.48. The van der Waals surface area contributed by atoms with Crippen LogP contribution in [0.15, 0.2) is 18.3 Å². The lowest BCUT2D eigenvalue weighted by molar-refractivity contribution is 0.643. The van der Waals surface area contributed by atoms with Crippen molar-refractivity contribution in [3.8, 4) is 0 Å². The van der Waals surface area contributed by atoms with Crippen LogP contribution in [0.2, 0.25) is 0 Å². The Morgan fingerprint density at radius 3 is 3.14 bits per heavy atom. The van der Waals surface area contributed by atoms with Crippen LogP contribution in [0.25, 0.3) is 10.9 Å². The van der Waals surface area contributed by atoms with Crippen molar-refractivity contribution in [3.63, 3.8) is 0 Å². The van der Waals surface area contributed by atoms with Crippen LogP contribution in [-0.2, 0) is 6.42 Å². The summed E-state index contributed by atoms with van der Waals surface area (Å²) in [5, 5.41) is 1.37. The van der Waals surface area contributed by atoms with Crippen molar-refractivity contribution in [1.29, 1.82) is 0 Å². The standard InChI is InChI=1S/C12H14N2/c1-7-4-9-10(13)3-2-8-6-14-11(5-7)12(8)9/h4-6,10,14H,2-3,13H2,1H3. The number of benzene rings is 1. The first-order valence-electron chi connectivity index (χ1n) is 5.12. The maximum atomic E-state index is 6.12. The van der Waals surface area contributed by atoms with E-state index in [9.17, 15) is 0 Å². The third-order valence-corrected chi connectivity index (χ3v) is 3.16. The molecule has 1 aromatic carbocycles. The number of H-pyrrole nitrogens is 1. The topological polar surface area (TPSA) is 41.8 Å². The summed E-state index contributed by atoms with van der Waals surface area (Å²) in [7, 11) is 0. The minimum Gasteiger partial charge on any atom is -0.361 e. The van der Waals surface area contributed by atoms with Crippen molar-refractivity contribution < 1.29 is 0 Å². The molecule has 14 heavy (non-hydrogen) atoms.